The second kappa shape index (κ2) is 5.08. The summed E-state index contributed by atoms with van der Waals surface area (Å²) >= 11 is 0. The van der Waals surface area contributed by atoms with Gasteiger partial charge < -0.3 is 9.67 Å². The van der Waals surface area contributed by atoms with Crippen LogP contribution in [0.15, 0.2) is 24.4 Å². The van der Waals surface area contributed by atoms with E-state index in [1.807, 2.05) is 12.1 Å². The van der Waals surface area contributed by atoms with Crippen LogP contribution in [0.3, 0.4) is 0 Å². The SMILES string of the molecule is Cc1cn(C(C)C)c2cccc(CC(C)C(=O)O)c12. The Kier molecular flexibility index (Phi) is 3.65. The lowest BCUT2D eigenvalue weighted by atomic mass is 9.97. The minimum absolute atomic E-state index is 0.354. The smallest absolute Gasteiger partial charge is 0.306 e. The molecule has 2 rings (SSSR count). The van der Waals surface area contributed by atoms with Crippen molar-refractivity contribution in [3.63, 3.8) is 0 Å². The minimum atomic E-state index is -0.738. The average molecular weight is 259 g/mol. The number of carbonyl (C=O) groups is 1. The number of fused-ring (bicyclic) bond motifs is 1. The number of aryl methyl sites for hydroxylation is 1. The van der Waals surface area contributed by atoms with Gasteiger partial charge >= 0.3 is 5.97 Å². The van der Waals surface area contributed by atoms with Gasteiger partial charge in [-0.3, -0.25) is 4.79 Å². The number of hydrogen-bond donors (Lipinski definition) is 1. The highest BCUT2D eigenvalue weighted by molar-refractivity contribution is 5.87. The molecule has 0 aliphatic rings. The Hall–Kier alpha value is -1.77. The molecule has 1 heterocycles. The molecule has 0 aliphatic heterocycles. The van der Waals surface area contributed by atoms with Crippen LogP contribution in [0, 0.1) is 12.8 Å². The van der Waals surface area contributed by atoms with Crippen LogP contribution in [-0.2, 0) is 11.2 Å². The number of carboxylic acid groups (broad SMARTS) is 1. The molecule has 0 aliphatic carbocycles. The fraction of sp³-hybridized carbons (Fsp3) is 0.438. The van der Waals surface area contributed by atoms with Crippen molar-refractivity contribution in [2.75, 3.05) is 0 Å². The minimum Gasteiger partial charge on any atom is -0.481 e. The van der Waals surface area contributed by atoms with Crippen LogP contribution in [0.4, 0.5) is 0 Å². The van der Waals surface area contributed by atoms with Gasteiger partial charge in [-0.15, -0.1) is 0 Å². The van der Waals surface area contributed by atoms with Gasteiger partial charge in [-0.05, 0) is 44.4 Å². The molecule has 0 saturated carbocycles. The van der Waals surface area contributed by atoms with Gasteiger partial charge in [0.15, 0.2) is 0 Å². The standard InChI is InChI=1S/C16H21NO2/c1-10(2)17-9-12(4)15-13(6-5-7-14(15)17)8-11(3)16(18)19/h5-7,9-11H,8H2,1-4H3,(H,18,19). The monoisotopic (exact) mass is 259 g/mol. The Bertz CT molecular complexity index is 610. The van der Waals surface area contributed by atoms with Crippen LogP contribution in [0.5, 0.6) is 0 Å². The van der Waals surface area contributed by atoms with Gasteiger partial charge in [0.2, 0.25) is 0 Å². The van der Waals surface area contributed by atoms with E-state index in [0.29, 0.717) is 12.5 Å². The topological polar surface area (TPSA) is 42.2 Å². The molecule has 102 valence electrons. The van der Waals surface area contributed by atoms with Gasteiger partial charge in [0.05, 0.1) is 5.92 Å². The summed E-state index contributed by atoms with van der Waals surface area (Å²) in [5, 5.41) is 10.3. The van der Waals surface area contributed by atoms with E-state index in [1.165, 1.54) is 16.5 Å². The molecule has 1 aromatic carbocycles. The van der Waals surface area contributed by atoms with E-state index in [1.54, 1.807) is 6.92 Å². The zero-order valence-electron chi connectivity index (χ0n) is 12.0. The van der Waals surface area contributed by atoms with Crippen LogP contribution in [0.25, 0.3) is 10.9 Å². The Morgan fingerprint density at radius 3 is 2.58 bits per heavy atom. The van der Waals surface area contributed by atoms with Crippen molar-refractivity contribution in [1.29, 1.82) is 0 Å². The Morgan fingerprint density at radius 1 is 1.32 bits per heavy atom. The third kappa shape index (κ3) is 2.50. The summed E-state index contributed by atoms with van der Waals surface area (Å²) < 4.78 is 2.25. The lowest BCUT2D eigenvalue weighted by Gasteiger charge is -2.11. The summed E-state index contributed by atoms with van der Waals surface area (Å²) in [6.07, 6.45) is 2.74. The zero-order valence-corrected chi connectivity index (χ0v) is 12.0. The normalized spacial score (nSPS) is 13.1. The molecule has 0 bridgehead atoms. The van der Waals surface area contributed by atoms with E-state index < -0.39 is 5.97 Å². The first kappa shape index (κ1) is 13.7. The lowest BCUT2D eigenvalue weighted by molar-refractivity contribution is -0.141. The van der Waals surface area contributed by atoms with Crippen LogP contribution < -0.4 is 0 Å². The molecule has 0 fully saturated rings. The summed E-state index contributed by atoms with van der Waals surface area (Å²) in [5.41, 5.74) is 3.55. The van der Waals surface area contributed by atoms with Crippen LogP contribution in [0.2, 0.25) is 0 Å². The van der Waals surface area contributed by atoms with Crippen molar-refractivity contribution in [2.24, 2.45) is 5.92 Å². The molecule has 3 nitrogen and oxygen atoms in total. The van der Waals surface area contributed by atoms with E-state index in [4.69, 9.17) is 5.11 Å². The molecule has 19 heavy (non-hydrogen) atoms. The van der Waals surface area contributed by atoms with E-state index in [2.05, 4.69) is 37.6 Å². The molecule has 0 amide bonds. The molecule has 1 N–H and O–H groups in total. The predicted octanol–water partition coefficient (Wildman–Crippen LogP) is 3.79. The molecule has 2 aromatic rings. The fourth-order valence-electron chi connectivity index (χ4n) is 2.61. The fourth-order valence-corrected chi connectivity index (χ4v) is 2.61. The second-order valence-electron chi connectivity index (χ2n) is 5.57. The zero-order chi connectivity index (χ0) is 14.2. The van der Waals surface area contributed by atoms with Gasteiger partial charge in [0, 0.05) is 23.1 Å². The average Bonchev–Trinajstić information content (AvgIpc) is 2.68. The molecule has 0 radical (unpaired) electrons. The molecule has 1 unspecified atom stereocenters. The van der Waals surface area contributed by atoms with E-state index in [9.17, 15) is 4.79 Å². The molecule has 1 aromatic heterocycles. The quantitative estimate of drug-likeness (QED) is 0.907. The second-order valence-corrected chi connectivity index (χ2v) is 5.57. The first-order valence-corrected chi connectivity index (χ1v) is 6.73. The Morgan fingerprint density at radius 2 is 2.00 bits per heavy atom. The van der Waals surface area contributed by atoms with Gasteiger partial charge in [-0.2, -0.15) is 0 Å². The van der Waals surface area contributed by atoms with E-state index in [-0.39, 0.29) is 5.92 Å². The largest absolute Gasteiger partial charge is 0.481 e. The lowest BCUT2D eigenvalue weighted by Crippen LogP contribution is -2.12. The van der Waals surface area contributed by atoms with Crippen molar-refractivity contribution in [1.82, 2.24) is 4.57 Å². The number of aliphatic carboxylic acids is 1. The van der Waals surface area contributed by atoms with Crippen LogP contribution in [-0.4, -0.2) is 15.6 Å². The number of aromatic nitrogens is 1. The third-order valence-corrected chi connectivity index (χ3v) is 3.64. The number of rotatable bonds is 4. The Balaban J connectivity index is 2.54. The molecule has 0 spiro atoms. The van der Waals surface area contributed by atoms with Gasteiger partial charge in [0.1, 0.15) is 0 Å². The maximum absolute atomic E-state index is 11.0. The van der Waals surface area contributed by atoms with Crippen molar-refractivity contribution < 1.29 is 9.90 Å². The predicted molar refractivity (Wildman–Crippen MR) is 77.6 cm³/mol. The maximum atomic E-state index is 11.0. The number of benzene rings is 1. The molecule has 1 atom stereocenters. The number of nitrogens with zero attached hydrogens (tertiary/aromatic N) is 1. The maximum Gasteiger partial charge on any atom is 0.306 e. The van der Waals surface area contributed by atoms with Crippen molar-refractivity contribution in [3.8, 4) is 0 Å². The van der Waals surface area contributed by atoms with Crippen LogP contribution >= 0.6 is 0 Å². The third-order valence-electron chi connectivity index (χ3n) is 3.64. The number of hydrogen-bond acceptors (Lipinski definition) is 1. The van der Waals surface area contributed by atoms with Crippen molar-refractivity contribution in [3.05, 3.63) is 35.5 Å². The van der Waals surface area contributed by atoms with E-state index in [0.717, 1.165) is 5.56 Å². The molecule has 3 heteroatoms. The first-order valence-electron chi connectivity index (χ1n) is 6.73. The highest BCUT2D eigenvalue weighted by Crippen LogP contribution is 2.28. The first-order chi connectivity index (χ1) is 8.91. The summed E-state index contributed by atoms with van der Waals surface area (Å²) in [6, 6.07) is 6.57. The Labute approximate surface area is 113 Å². The highest BCUT2D eigenvalue weighted by atomic mass is 16.4. The highest BCUT2D eigenvalue weighted by Gasteiger charge is 2.16. The van der Waals surface area contributed by atoms with Gasteiger partial charge in [-0.25, -0.2) is 0 Å². The summed E-state index contributed by atoms with van der Waals surface area (Å²) in [4.78, 5) is 11.0. The molecule has 0 saturated heterocycles. The summed E-state index contributed by atoms with van der Waals surface area (Å²) in [7, 11) is 0. The molecular formula is C16H21NO2. The van der Waals surface area contributed by atoms with Gasteiger partial charge in [0.25, 0.3) is 0 Å². The van der Waals surface area contributed by atoms with Crippen LogP contribution in [0.1, 0.15) is 37.9 Å². The summed E-state index contributed by atoms with van der Waals surface area (Å²) in [6.45, 7) is 8.17. The summed E-state index contributed by atoms with van der Waals surface area (Å²) in [5.74, 6) is -1.09. The van der Waals surface area contributed by atoms with Crippen molar-refractivity contribution >= 4 is 16.9 Å². The molecular weight excluding hydrogens is 238 g/mol. The van der Waals surface area contributed by atoms with E-state index >= 15 is 0 Å². The number of carboxylic acids is 1. The van der Waals surface area contributed by atoms with Gasteiger partial charge in [-0.1, -0.05) is 19.1 Å². The van der Waals surface area contributed by atoms with Crippen molar-refractivity contribution in [2.45, 2.75) is 40.2 Å².